The van der Waals surface area contributed by atoms with E-state index in [9.17, 15) is 4.79 Å². The molecule has 4 heteroatoms. The van der Waals surface area contributed by atoms with Gasteiger partial charge in [0.25, 0.3) is 5.91 Å². The van der Waals surface area contributed by atoms with E-state index in [2.05, 4.69) is 0 Å². The van der Waals surface area contributed by atoms with Crippen LogP contribution in [0.25, 0.3) is 0 Å². The smallest absolute Gasteiger partial charge is 0.253 e. The van der Waals surface area contributed by atoms with Crippen molar-refractivity contribution in [2.24, 2.45) is 5.73 Å². The van der Waals surface area contributed by atoms with E-state index in [4.69, 9.17) is 5.73 Å². The Hall–Kier alpha value is -1.06. The van der Waals surface area contributed by atoms with E-state index in [1.807, 2.05) is 36.1 Å². The van der Waals surface area contributed by atoms with Crippen molar-refractivity contribution < 1.29 is 4.79 Å². The zero-order chi connectivity index (χ0) is 10.8. The second-order valence-electron chi connectivity index (χ2n) is 4.17. The molecule has 1 heterocycles. The van der Waals surface area contributed by atoms with E-state index in [1.54, 1.807) is 0 Å². The van der Waals surface area contributed by atoms with Crippen LogP contribution in [0.5, 0.6) is 0 Å². The third-order valence-electron chi connectivity index (χ3n) is 2.78. The first-order chi connectivity index (χ1) is 7.16. The molecule has 1 saturated heterocycles. The number of carbonyl (C=O) groups is 1. The molecule has 1 aliphatic heterocycles. The van der Waals surface area contributed by atoms with E-state index < -0.39 is 0 Å². The Bertz CT molecular complexity index is 381. The van der Waals surface area contributed by atoms with Crippen LogP contribution in [0.3, 0.4) is 0 Å². The van der Waals surface area contributed by atoms with Gasteiger partial charge in [0.2, 0.25) is 0 Å². The molecular weight excluding hydrogens is 224 g/mol. The normalized spacial score (nSPS) is 19.4. The Balaban J connectivity index is 0.00000128. The molecular formula is C12H17ClN2O. The number of halogens is 1. The SMILES string of the molecule is Cc1cccc(C(=O)N2CC[C@@H](N)C2)c1.Cl. The maximum absolute atomic E-state index is 12.0. The monoisotopic (exact) mass is 240 g/mol. The molecule has 0 spiro atoms. The number of aryl methyl sites for hydroxylation is 1. The van der Waals surface area contributed by atoms with E-state index in [1.165, 1.54) is 0 Å². The molecule has 3 nitrogen and oxygen atoms in total. The molecule has 0 bridgehead atoms. The number of amides is 1. The number of nitrogens with two attached hydrogens (primary N) is 1. The number of benzene rings is 1. The van der Waals surface area contributed by atoms with Crippen LogP contribution in [-0.4, -0.2) is 29.9 Å². The number of rotatable bonds is 1. The lowest BCUT2D eigenvalue weighted by Gasteiger charge is -2.15. The summed E-state index contributed by atoms with van der Waals surface area (Å²) in [5.74, 6) is 0.103. The molecule has 0 aromatic heterocycles. The summed E-state index contributed by atoms with van der Waals surface area (Å²) in [4.78, 5) is 13.8. The van der Waals surface area contributed by atoms with Gasteiger partial charge < -0.3 is 10.6 Å². The van der Waals surface area contributed by atoms with Crippen LogP contribution in [-0.2, 0) is 0 Å². The summed E-state index contributed by atoms with van der Waals surface area (Å²) in [5, 5.41) is 0. The van der Waals surface area contributed by atoms with Gasteiger partial charge in [0.05, 0.1) is 0 Å². The first-order valence-corrected chi connectivity index (χ1v) is 5.28. The van der Waals surface area contributed by atoms with Gasteiger partial charge in [0.1, 0.15) is 0 Å². The number of hydrogen-bond donors (Lipinski definition) is 1. The highest BCUT2D eigenvalue weighted by Crippen LogP contribution is 2.13. The summed E-state index contributed by atoms with van der Waals surface area (Å²) in [5.41, 5.74) is 7.66. The third-order valence-corrected chi connectivity index (χ3v) is 2.78. The molecule has 1 aromatic carbocycles. The molecule has 0 saturated carbocycles. The van der Waals surface area contributed by atoms with Gasteiger partial charge in [-0.25, -0.2) is 0 Å². The Morgan fingerprint density at radius 3 is 2.81 bits per heavy atom. The van der Waals surface area contributed by atoms with Gasteiger partial charge >= 0.3 is 0 Å². The summed E-state index contributed by atoms with van der Waals surface area (Å²) in [6.45, 7) is 3.47. The van der Waals surface area contributed by atoms with Crippen molar-refractivity contribution in [2.45, 2.75) is 19.4 Å². The average molecular weight is 241 g/mol. The lowest BCUT2D eigenvalue weighted by molar-refractivity contribution is 0.0791. The highest BCUT2D eigenvalue weighted by Gasteiger charge is 2.24. The first-order valence-electron chi connectivity index (χ1n) is 5.28. The lowest BCUT2D eigenvalue weighted by atomic mass is 10.1. The Morgan fingerprint density at radius 2 is 2.25 bits per heavy atom. The minimum absolute atomic E-state index is 0. The van der Waals surface area contributed by atoms with Gasteiger partial charge in [-0.1, -0.05) is 17.7 Å². The minimum Gasteiger partial charge on any atom is -0.337 e. The van der Waals surface area contributed by atoms with Crippen molar-refractivity contribution in [1.29, 1.82) is 0 Å². The highest BCUT2D eigenvalue weighted by atomic mass is 35.5. The van der Waals surface area contributed by atoms with Crippen LogP contribution in [0.15, 0.2) is 24.3 Å². The first kappa shape index (κ1) is 13.0. The van der Waals surface area contributed by atoms with Crippen molar-refractivity contribution in [3.8, 4) is 0 Å². The van der Waals surface area contributed by atoms with Crippen molar-refractivity contribution in [2.75, 3.05) is 13.1 Å². The molecule has 1 aliphatic rings. The second kappa shape index (κ2) is 5.32. The van der Waals surface area contributed by atoms with Crippen LogP contribution in [0, 0.1) is 6.92 Å². The number of nitrogens with zero attached hydrogens (tertiary/aromatic N) is 1. The van der Waals surface area contributed by atoms with Crippen LogP contribution in [0.2, 0.25) is 0 Å². The van der Waals surface area contributed by atoms with Crippen LogP contribution < -0.4 is 5.73 Å². The van der Waals surface area contributed by atoms with Crippen molar-refractivity contribution in [3.05, 3.63) is 35.4 Å². The molecule has 0 aliphatic carbocycles. The van der Waals surface area contributed by atoms with Crippen molar-refractivity contribution in [3.63, 3.8) is 0 Å². The zero-order valence-corrected chi connectivity index (χ0v) is 10.2. The molecule has 16 heavy (non-hydrogen) atoms. The molecule has 0 unspecified atom stereocenters. The fourth-order valence-corrected chi connectivity index (χ4v) is 1.93. The van der Waals surface area contributed by atoms with Crippen LogP contribution in [0.1, 0.15) is 22.3 Å². The van der Waals surface area contributed by atoms with Gasteiger partial charge in [-0.3, -0.25) is 4.79 Å². The molecule has 1 fully saturated rings. The third kappa shape index (κ3) is 2.74. The molecule has 2 rings (SSSR count). The fraction of sp³-hybridized carbons (Fsp3) is 0.417. The largest absolute Gasteiger partial charge is 0.337 e. The average Bonchev–Trinajstić information content (AvgIpc) is 2.64. The fourth-order valence-electron chi connectivity index (χ4n) is 1.93. The maximum Gasteiger partial charge on any atom is 0.253 e. The highest BCUT2D eigenvalue weighted by molar-refractivity contribution is 5.94. The minimum atomic E-state index is 0. The molecule has 88 valence electrons. The van der Waals surface area contributed by atoms with E-state index in [0.29, 0.717) is 6.54 Å². The molecule has 1 aromatic rings. The standard InChI is InChI=1S/C12H16N2O.ClH/c1-9-3-2-4-10(7-9)12(15)14-6-5-11(13)8-14;/h2-4,7,11H,5-6,8,13H2,1H3;1H/t11-;/m1./s1. The van der Waals surface area contributed by atoms with Crippen molar-refractivity contribution >= 4 is 18.3 Å². The van der Waals surface area contributed by atoms with E-state index in [-0.39, 0.29) is 24.4 Å². The molecule has 1 atom stereocenters. The zero-order valence-electron chi connectivity index (χ0n) is 9.35. The summed E-state index contributed by atoms with van der Waals surface area (Å²) in [7, 11) is 0. The van der Waals surface area contributed by atoms with Gasteiger partial charge in [0, 0.05) is 24.7 Å². The summed E-state index contributed by atoms with van der Waals surface area (Å²) in [6.07, 6.45) is 0.914. The van der Waals surface area contributed by atoms with E-state index >= 15 is 0 Å². The van der Waals surface area contributed by atoms with Gasteiger partial charge in [-0.15, -0.1) is 12.4 Å². The molecule has 1 amide bonds. The number of carbonyl (C=O) groups excluding carboxylic acids is 1. The van der Waals surface area contributed by atoms with Crippen LogP contribution in [0.4, 0.5) is 0 Å². The second-order valence-corrected chi connectivity index (χ2v) is 4.17. The van der Waals surface area contributed by atoms with Gasteiger partial charge in [0.15, 0.2) is 0 Å². The topological polar surface area (TPSA) is 46.3 Å². The predicted octanol–water partition coefficient (Wildman–Crippen LogP) is 1.59. The van der Waals surface area contributed by atoms with Gasteiger partial charge in [-0.2, -0.15) is 0 Å². The molecule has 0 radical (unpaired) electrons. The summed E-state index contributed by atoms with van der Waals surface area (Å²) < 4.78 is 0. The Kier molecular flexibility index (Phi) is 4.33. The van der Waals surface area contributed by atoms with Gasteiger partial charge in [-0.05, 0) is 25.5 Å². The van der Waals surface area contributed by atoms with Crippen LogP contribution >= 0.6 is 12.4 Å². The summed E-state index contributed by atoms with van der Waals surface area (Å²) in [6, 6.07) is 7.84. The number of likely N-dealkylation sites (tertiary alicyclic amines) is 1. The number of hydrogen-bond acceptors (Lipinski definition) is 2. The Morgan fingerprint density at radius 1 is 1.50 bits per heavy atom. The predicted molar refractivity (Wildman–Crippen MR) is 66.9 cm³/mol. The summed E-state index contributed by atoms with van der Waals surface area (Å²) >= 11 is 0. The van der Waals surface area contributed by atoms with E-state index in [0.717, 1.165) is 24.1 Å². The maximum atomic E-state index is 12.0. The van der Waals surface area contributed by atoms with Crippen molar-refractivity contribution in [1.82, 2.24) is 4.90 Å². The quantitative estimate of drug-likeness (QED) is 0.811. The Labute approximate surface area is 102 Å². The lowest BCUT2D eigenvalue weighted by Crippen LogP contribution is -2.31. The molecule has 2 N–H and O–H groups in total.